The average molecular weight is 208 g/mol. The molecular formula is C9H8N2O4. The predicted molar refractivity (Wildman–Crippen MR) is 52.3 cm³/mol. The van der Waals surface area contributed by atoms with Crippen LogP contribution in [0.1, 0.15) is 12.0 Å². The molecule has 0 unspecified atom stereocenters. The summed E-state index contributed by atoms with van der Waals surface area (Å²) in [6.45, 7) is -0.0710. The molecule has 0 aliphatic heterocycles. The van der Waals surface area contributed by atoms with Gasteiger partial charge in [-0.1, -0.05) is 11.8 Å². The van der Waals surface area contributed by atoms with Gasteiger partial charge in [-0.05, 0) is 0 Å². The number of hydrogen-bond donors (Lipinski definition) is 2. The van der Waals surface area contributed by atoms with Gasteiger partial charge in [0, 0.05) is 24.2 Å². The fourth-order valence-corrected chi connectivity index (χ4v) is 0.900. The fraction of sp³-hybridized carbons (Fsp3) is 0.222. The third kappa shape index (κ3) is 2.93. The molecule has 78 valence electrons. The van der Waals surface area contributed by atoms with Crippen LogP contribution in [-0.4, -0.2) is 21.6 Å². The number of aliphatic hydroxyl groups is 1. The van der Waals surface area contributed by atoms with E-state index in [2.05, 4.69) is 16.8 Å². The van der Waals surface area contributed by atoms with E-state index in [9.17, 15) is 14.9 Å². The number of aromatic amines is 1. The second kappa shape index (κ2) is 4.93. The molecule has 0 fully saturated rings. The predicted octanol–water partition coefficient (Wildman–Crippen LogP) is 0.0170. The number of nitrogens with one attached hydrogen (secondary N) is 1. The summed E-state index contributed by atoms with van der Waals surface area (Å²) in [6.07, 6.45) is 1.58. The summed E-state index contributed by atoms with van der Waals surface area (Å²) in [5.74, 6) is 5.18. The summed E-state index contributed by atoms with van der Waals surface area (Å²) in [5, 5.41) is 18.9. The molecule has 1 heterocycles. The van der Waals surface area contributed by atoms with E-state index in [4.69, 9.17) is 5.11 Å². The van der Waals surface area contributed by atoms with Gasteiger partial charge in [0.25, 0.3) is 0 Å². The monoisotopic (exact) mass is 208 g/mol. The Hall–Kier alpha value is -2.13. The van der Waals surface area contributed by atoms with E-state index in [-0.39, 0.29) is 13.0 Å². The SMILES string of the molecule is O=c1[nH]cc(C#CCCO)cc1[N+](=O)[O-]. The minimum absolute atomic E-state index is 0.0710. The first kappa shape index (κ1) is 10.9. The van der Waals surface area contributed by atoms with Gasteiger partial charge in [0.1, 0.15) is 0 Å². The molecule has 6 nitrogen and oxygen atoms in total. The Balaban J connectivity index is 3.05. The Morgan fingerprint density at radius 3 is 2.93 bits per heavy atom. The molecule has 0 amide bonds. The highest BCUT2D eigenvalue weighted by Crippen LogP contribution is 2.04. The summed E-state index contributed by atoms with van der Waals surface area (Å²) in [4.78, 5) is 22.8. The van der Waals surface area contributed by atoms with Crippen LogP contribution in [0.25, 0.3) is 0 Å². The number of H-pyrrole nitrogens is 1. The number of rotatable bonds is 2. The normalized spacial score (nSPS) is 9.13. The Labute approximate surface area is 84.7 Å². The van der Waals surface area contributed by atoms with Crippen LogP contribution >= 0.6 is 0 Å². The average Bonchev–Trinajstić information content (AvgIpc) is 2.20. The van der Waals surface area contributed by atoms with Crippen molar-refractivity contribution in [3.05, 3.63) is 38.3 Å². The lowest BCUT2D eigenvalue weighted by Crippen LogP contribution is -2.10. The third-order valence-electron chi connectivity index (χ3n) is 1.55. The molecule has 0 radical (unpaired) electrons. The lowest BCUT2D eigenvalue weighted by molar-refractivity contribution is -0.386. The number of nitro groups is 1. The van der Waals surface area contributed by atoms with Gasteiger partial charge >= 0.3 is 11.2 Å². The zero-order valence-corrected chi connectivity index (χ0v) is 7.69. The Morgan fingerprint density at radius 2 is 2.33 bits per heavy atom. The van der Waals surface area contributed by atoms with E-state index in [1.807, 2.05) is 0 Å². The highest BCUT2D eigenvalue weighted by molar-refractivity contribution is 5.39. The Morgan fingerprint density at radius 1 is 1.60 bits per heavy atom. The van der Waals surface area contributed by atoms with Crippen molar-refractivity contribution < 1.29 is 10.0 Å². The molecule has 0 aromatic carbocycles. The smallest absolute Gasteiger partial charge is 0.335 e. The number of aliphatic hydroxyl groups excluding tert-OH is 1. The van der Waals surface area contributed by atoms with Gasteiger partial charge in [0.15, 0.2) is 0 Å². The molecule has 0 atom stereocenters. The first-order chi connectivity index (χ1) is 7.15. The molecule has 2 N–H and O–H groups in total. The van der Waals surface area contributed by atoms with Gasteiger partial charge in [-0.15, -0.1) is 0 Å². The second-order valence-electron chi connectivity index (χ2n) is 2.64. The summed E-state index contributed by atoms with van der Waals surface area (Å²) < 4.78 is 0. The maximum absolute atomic E-state index is 11.0. The minimum atomic E-state index is -0.768. The Bertz CT molecular complexity index is 481. The van der Waals surface area contributed by atoms with E-state index >= 15 is 0 Å². The largest absolute Gasteiger partial charge is 0.395 e. The van der Waals surface area contributed by atoms with E-state index < -0.39 is 16.2 Å². The number of aromatic nitrogens is 1. The fourth-order valence-electron chi connectivity index (χ4n) is 0.900. The summed E-state index contributed by atoms with van der Waals surface area (Å²) in [6, 6.07) is 1.10. The van der Waals surface area contributed by atoms with E-state index in [1.165, 1.54) is 6.20 Å². The van der Waals surface area contributed by atoms with Crippen molar-refractivity contribution in [2.24, 2.45) is 0 Å². The number of nitrogens with zero attached hydrogens (tertiary/aromatic N) is 1. The van der Waals surface area contributed by atoms with Crippen molar-refractivity contribution in [3.63, 3.8) is 0 Å². The summed E-state index contributed by atoms with van der Waals surface area (Å²) in [5.41, 5.74) is -0.951. The number of hydrogen-bond acceptors (Lipinski definition) is 4. The van der Waals surface area contributed by atoms with Gasteiger partial charge in [0.05, 0.1) is 11.5 Å². The lowest BCUT2D eigenvalue weighted by atomic mass is 10.2. The second-order valence-corrected chi connectivity index (χ2v) is 2.64. The van der Waals surface area contributed by atoms with Gasteiger partial charge in [-0.25, -0.2) is 0 Å². The summed E-state index contributed by atoms with van der Waals surface area (Å²) >= 11 is 0. The molecule has 1 aromatic rings. The Kier molecular flexibility index (Phi) is 3.60. The van der Waals surface area contributed by atoms with Crippen LogP contribution in [0.15, 0.2) is 17.1 Å². The lowest BCUT2D eigenvalue weighted by Gasteiger charge is -1.91. The first-order valence-electron chi connectivity index (χ1n) is 4.12. The molecule has 6 heteroatoms. The van der Waals surface area contributed by atoms with Gasteiger partial charge in [-0.3, -0.25) is 14.9 Å². The molecule has 0 aliphatic rings. The van der Waals surface area contributed by atoms with Crippen molar-refractivity contribution in [1.82, 2.24) is 4.98 Å². The molecule has 1 aromatic heterocycles. The molecule has 0 aliphatic carbocycles. The maximum atomic E-state index is 11.0. The van der Waals surface area contributed by atoms with E-state index in [0.717, 1.165) is 6.07 Å². The maximum Gasteiger partial charge on any atom is 0.335 e. The van der Waals surface area contributed by atoms with Gasteiger partial charge in [-0.2, -0.15) is 0 Å². The highest BCUT2D eigenvalue weighted by atomic mass is 16.6. The van der Waals surface area contributed by atoms with Crippen LogP contribution in [0.3, 0.4) is 0 Å². The molecule has 0 saturated carbocycles. The molecule has 0 bridgehead atoms. The van der Waals surface area contributed by atoms with Crippen molar-refractivity contribution in [2.75, 3.05) is 6.61 Å². The third-order valence-corrected chi connectivity index (χ3v) is 1.55. The van der Waals surface area contributed by atoms with Crippen LogP contribution in [0.2, 0.25) is 0 Å². The number of pyridine rings is 1. The van der Waals surface area contributed by atoms with Crippen LogP contribution in [-0.2, 0) is 0 Å². The van der Waals surface area contributed by atoms with Gasteiger partial charge < -0.3 is 10.1 Å². The first-order valence-corrected chi connectivity index (χ1v) is 4.12. The van der Waals surface area contributed by atoms with Crippen LogP contribution in [0.5, 0.6) is 0 Å². The van der Waals surface area contributed by atoms with Crippen molar-refractivity contribution in [3.8, 4) is 11.8 Å². The van der Waals surface area contributed by atoms with Crippen molar-refractivity contribution >= 4 is 5.69 Å². The van der Waals surface area contributed by atoms with E-state index in [0.29, 0.717) is 5.56 Å². The van der Waals surface area contributed by atoms with Crippen LogP contribution in [0, 0.1) is 22.0 Å². The topological polar surface area (TPSA) is 96.2 Å². The quantitative estimate of drug-likeness (QED) is 0.406. The minimum Gasteiger partial charge on any atom is -0.395 e. The molecule has 0 saturated heterocycles. The van der Waals surface area contributed by atoms with Crippen LogP contribution in [0.4, 0.5) is 5.69 Å². The van der Waals surface area contributed by atoms with Crippen molar-refractivity contribution in [1.29, 1.82) is 0 Å². The van der Waals surface area contributed by atoms with Crippen LogP contribution < -0.4 is 5.56 Å². The standard InChI is InChI=1S/C9H8N2O4/c12-4-2-1-3-7-5-8(11(14)15)9(13)10-6-7/h5-6,12H,2,4H2,(H,10,13). The molecule has 15 heavy (non-hydrogen) atoms. The van der Waals surface area contributed by atoms with Crippen molar-refractivity contribution in [2.45, 2.75) is 6.42 Å². The van der Waals surface area contributed by atoms with E-state index in [1.54, 1.807) is 0 Å². The molecular weight excluding hydrogens is 200 g/mol. The zero-order valence-electron chi connectivity index (χ0n) is 7.69. The molecule has 1 rings (SSSR count). The highest BCUT2D eigenvalue weighted by Gasteiger charge is 2.11. The summed E-state index contributed by atoms with van der Waals surface area (Å²) in [7, 11) is 0. The zero-order chi connectivity index (χ0) is 11.3. The van der Waals surface area contributed by atoms with Gasteiger partial charge in [0.2, 0.25) is 0 Å². The molecule has 0 spiro atoms.